The van der Waals surface area contributed by atoms with Gasteiger partial charge >= 0.3 is 0 Å². The summed E-state index contributed by atoms with van der Waals surface area (Å²) in [4.78, 5) is 4.27. The van der Waals surface area contributed by atoms with Crippen LogP contribution in [0.15, 0.2) is 18.5 Å². The average Bonchev–Trinajstić information content (AvgIpc) is 2.42. The van der Waals surface area contributed by atoms with E-state index >= 15 is 0 Å². The van der Waals surface area contributed by atoms with Crippen molar-refractivity contribution in [2.75, 3.05) is 14.2 Å². The number of rotatable bonds is 4. The van der Waals surface area contributed by atoms with Crippen molar-refractivity contribution in [3.05, 3.63) is 24.0 Å². The highest BCUT2D eigenvalue weighted by molar-refractivity contribution is 5.26. The van der Waals surface area contributed by atoms with E-state index in [-0.39, 0.29) is 0 Å². The summed E-state index contributed by atoms with van der Waals surface area (Å²) in [6, 6.07) is 2.51. The van der Waals surface area contributed by atoms with Crippen LogP contribution in [0.25, 0.3) is 0 Å². The van der Waals surface area contributed by atoms with Gasteiger partial charge in [-0.3, -0.25) is 4.98 Å². The number of methoxy groups -OCH3 is 1. The van der Waals surface area contributed by atoms with Crippen molar-refractivity contribution in [2.45, 2.75) is 38.6 Å². The first-order valence-corrected chi connectivity index (χ1v) is 6.90. The van der Waals surface area contributed by atoms with Crippen LogP contribution in [0.1, 0.15) is 44.2 Å². The lowest BCUT2D eigenvalue weighted by Crippen LogP contribution is -2.28. The van der Waals surface area contributed by atoms with E-state index in [0.29, 0.717) is 6.04 Å². The molecule has 1 aliphatic carbocycles. The van der Waals surface area contributed by atoms with Crippen molar-refractivity contribution < 1.29 is 4.74 Å². The third-order valence-corrected chi connectivity index (χ3v) is 4.17. The quantitative estimate of drug-likeness (QED) is 0.888. The second kappa shape index (κ2) is 6.19. The molecule has 1 saturated carbocycles. The van der Waals surface area contributed by atoms with Gasteiger partial charge in [0.05, 0.1) is 13.3 Å². The molecule has 1 N–H and O–H groups in total. The molecule has 0 bridgehead atoms. The van der Waals surface area contributed by atoms with E-state index in [1.54, 1.807) is 13.3 Å². The fourth-order valence-corrected chi connectivity index (χ4v) is 3.01. The minimum absolute atomic E-state index is 0.403. The third kappa shape index (κ3) is 3.02. The van der Waals surface area contributed by atoms with E-state index in [0.717, 1.165) is 17.6 Å². The molecular weight excluding hydrogens is 224 g/mol. The monoisotopic (exact) mass is 248 g/mol. The maximum atomic E-state index is 5.26. The molecule has 0 aromatic carbocycles. The maximum absolute atomic E-state index is 5.26. The number of aromatic nitrogens is 1. The Morgan fingerprint density at radius 2 is 2.00 bits per heavy atom. The lowest BCUT2D eigenvalue weighted by Gasteiger charge is -2.32. The van der Waals surface area contributed by atoms with Gasteiger partial charge in [0.1, 0.15) is 5.75 Å². The minimum Gasteiger partial charge on any atom is -0.495 e. The fourth-order valence-electron chi connectivity index (χ4n) is 3.01. The number of nitrogens with zero attached hydrogens (tertiary/aromatic N) is 1. The molecule has 2 rings (SSSR count). The smallest absolute Gasteiger partial charge is 0.137 e. The first-order valence-electron chi connectivity index (χ1n) is 6.90. The molecule has 1 aromatic heterocycles. The van der Waals surface area contributed by atoms with Crippen LogP contribution in [-0.4, -0.2) is 19.1 Å². The molecule has 1 atom stereocenters. The van der Waals surface area contributed by atoms with Crippen molar-refractivity contribution in [1.29, 1.82) is 0 Å². The van der Waals surface area contributed by atoms with E-state index in [2.05, 4.69) is 23.3 Å². The summed E-state index contributed by atoms with van der Waals surface area (Å²) in [5.41, 5.74) is 1.25. The molecule has 1 heterocycles. The van der Waals surface area contributed by atoms with Crippen LogP contribution >= 0.6 is 0 Å². The van der Waals surface area contributed by atoms with Gasteiger partial charge in [-0.2, -0.15) is 0 Å². The molecular formula is C15H24N2O. The highest BCUT2D eigenvalue weighted by Gasteiger charge is 2.26. The molecule has 1 fully saturated rings. The molecule has 1 aromatic rings. The van der Waals surface area contributed by atoms with Crippen molar-refractivity contribution in [3.8, 4) is 5.75 Å². The Morgan fingerprint density at radius 3 is 2.61 bits per heavy atom. The molecule has 0 spiro atoms. The van der Waals surface area contributed by atoms with Crippen molar-refractivity contribution >= 4 is 0 Å². The van der Waals surface area contributed by atoms with Crippen LogP contribution in [-0.2, 0) is 0 Å². The van der Waals surface area contributed by atoms with E-state index in [1.165, 1.54) is 31.2 Å². The Labute approximate surface area is 110 Å². The number of nitrogens with one attached hydrogen (secondary N) is 1. The normalized spacial score (nSPS) is 25.7. The van der Waals surface area contributed by atoms with Crippen LogP contribution in [0, 0.1) is 11.8 Å². The zero-order valence-electron chi connectivity index (χ0n) is 11.6. The van der Waals surface area contributed by atoms with Gasteiger partial charge in [0.15, 0.2) is 0 Å². The molecule has 1 aliphatic rings. The van der Waals surface area contributed by atoms with Gasteiger partial charge in [0.2, 0.25) is 0 Å². The number of hydrogen-bond donors (Lipinski definition) is 1. The van der Waals surface area contributed by atoms with E-state index < -0.39 is 0 Å². The standard InChI is InChI=1S/C15H24N2O/c1-11-4-6-12(7-5-11)15(16-2)13-8-14(18-3)10-17-9-13/h8-12,15-16H,4-7H2,1-3H3. The van der Waals surface area contributed by atoms with Gasteiger partial charge in [-0.05, 0) is 43.4 Å². The summed E-state index contributed by atoms with van der Waals surface area (Å²) in [6.07, 6.45) is 9.04. The molecule has 0 saturated heterocycles. The molecule has 3 nitrogen and oxygen atoms in total. The van der Waals surface area contributed by atoms with E-state index in [4.69, 9.17) is 4.74 Å². The Balaban J connectivity index is 2.11. The zero-order chi connectivity index (χ0) is 13.0. The van der Waals surface area contributed by atoms with Crippen LogP contribution in [0.5, 0.6) is 5.75 Å². The Morgan fingerprint density at radius 1 is 1.28 bits per heavy atom. The predicted molar refractivity (Wildman–Crippen MR) is 73.7 cm³/mol. The lowest BCUT2D eigenvalue weighted by molar-refractivity contribution is 0.237. The summed E-state index contributed by atoms with van der Waals surface area (Å²) in [5, 5.41) is 3.46. The number of ether oxygens (including phenoxy) is 1. The summed E-state index contributed by atoms with van der Waals surface area (Å²) in [5.74, 6) is 2.46. The van der Waals surface area contributed by atoms with Gasteiger partial charge in [0, 0.05) is 12.2 Å². The average molecular weight is 248 g/mol. The first kappa shape index (κ1) is 13.3. The Kier molecular flexibility index (Phi) is 4.59. The maximum Gasteiger partial charge on any atom is 0.137 e. The largest absolute Gasteiger partial charge is 0.495 e. The first-order chi connectivity index (χ1) is 8.74. The summed E-state index contributed by atoms with van der Waals surface area (Å²) in [7, 11) is 3.74. The van der Waals surface area contributed by atoms with Gasteiger partial charge in [0.25, 0.3) is 0 Å². The molecule has 0 amide bonds. The fraction of sp³-hybridized carbons (Fsp3) is 0.667. The van der Waals surface area contributed by atoms with Crippen LogP contribution in [0.3, 0.4) is 0 Å². The van der Waals surface area contributed by atoms with Gasteiger partial charge in [-0.25, -0.2) is 0 Å². The van der Waals surface area contributed by atoms with Crippen LogP contribution in [0.4, 0.5) is 0 Å². The molecule has 0 aliphatic heterocycles. The Hall–Kier alpha value is -1.09. The number of hydrogen-bond acceptors (Lipinski definition) is 3. The van der Waals surface area contributed by atoms with Crippen molar-refractivity contribution in [3.63, 3.8) is 0 Å². The topological polar surface area (TPSA) is 34.2 Å². The molecule has 3 heteroatoms. The zero-order valence-corrected chi connectivity index (χ0v) is 11.6. The SMILES string of the molecule is CNC(c1cncc(OC)c1)C1CCC(C)CC1. The van der Waals surface area contributed by atoms with Gasteiger partial charge < -0.3 is 10.1 Å². The molecule has 1 unspecified atom stereocenters. The summed E-state index contributed by atoms with van der Waals surface area (Å²) in [6.45, 7) is 2.36. The highest BCUT2D eigenvalue weighted by Crippen LogP contribution is 2.36. The Bertz CT molecular complexity index is 373. The third-order valence-electron chi connectivity index (χ3n) is 4.17. The van der Waals surface area contributed by atoms with Crippen LogP contribution < -0.4 is 10.1 Å². The van der Waals surface area contributed by atoms with Crippen molar-refractivity contribution in [2.24, 2.45) is 11.8 Å². The second-order valence-corrected chi connectivity index (χ2v) is 5.44. The van der Waals surface area contributed by atoms with E-state index in [1.807, 2.05) is 13.2 Å². The van der Waals surface area contributed by atoms with E-state index in [9.17, 15) is 0 Å². The van der Waals surface area contributed by atoms with Crippen LogP contribution in [0.2, 0.25) is 0 Å². The number of pyridine rings is 1. The van der Waals surface area contributed by atoms with Crippen molar-refractivity contribution in [1.82, 2.24) is 10.3 Å². The second-order valence-electron chi connectivity index (χ2n) is 5.44. The predicted octanol–water partition coefficient (Wildman–Crippen LogP) is 3.18. The minimum atomic E-state index is 0.403. The summed E-state index contributed by atoms with van der Waals surface area (Å²) < 4.78 is 5.26. The molecule has 18 heavy (non-hydrogen) atoms. The van der Waals surface area contributed by atoms with Gasteiger partial charge in [-0.1, -0.05) is 19.8 Å². The molecule has 0 radical (unpaired) electrons. The van der Waals surface area contributed by atoms with Gasteiger partial charge in [-0.15, -0.1) is 0 Å². The summed E-state index contributed by atoms with van der Waals surface area (Å²) >= 11 is 0. The lowest BCUT2D eigenvalue weighted by atomic mass is 9.77. The molecule has 100 valence electrons. The highest BCUT2D eigenvalue weighted by atomic mass is 16.5.